The molecule has 0 amide bonds. The van der Waals surface area contributed by atoms with Gasteiger partial charge in [0, 0.05) is 0 Å². The van der Waals surface area contributed by atoms with Crippen molar-refractivity contribution in [1.29, 1.82) is 0 Å². The Balaban J connectivity index is 2.62. The van der Waals surface area contributed by atoms with Crippen molar-refractivity contribution in [2.45, 2.75) is 57.1 Å². The minimum Gasteiger partial charge on any atom is -0.458 e. The van der Waals surface area contributed by atoms with Gasteiger partial charge in [0.2, 0.25) is 0 Å². The van der Waals surface area contributed by atoms with E-state index in [0.717, 1.165) is 0 Å². The first kappa shape index (κ1) is 14.4. The molecule has 0 aromatic rings. The number of nitrogens with one attached hydrogen (secondary N) is 1. The standard InChI is InChI=1S/C11H21NO5/c1-11(2,3)17-10(16)9(15)7-8(14)6(13)4-5-12-7/h6-9,12-15H,4-5H2,1-3H3/t6-,7?,8-,9-/m1/s1. The highest BCUT2D eigenvalue weighted by molar-refractivity contribution is 5.75. The summed E-state index contributed by atoms with van der Waals surface area (Å²) >= 11 is 0. The monoisotopic (exact) mass is 247 g/mol. The lowest BCUT2D eigenvalue weighted by atomic mass is 9.94. The number of aliphatic hydroxyl groups is 3. The fourth-order valence-electron chi connectivity index (χ4n) is 1.74. The quantitative estimate of drug-likeness (QED) is 0.456. The van der Waals surface area contributed by atoms with Gasteiger partial charge in [0.05, 0.1) is 18.2 Å². The highest BCUT2D eigenvalue weighted by Gasteiger charge is 2.39. The van der Waals surface area contributed by atoms with Crippen LogP contribution in [0.1, 0.15) is 27.2 Å². The maximum atomic E-state index is 11.6. The summed E-state index contributed by atoms with van der Waals surface area (Å²) in [4.78, 5) is 11.6. The van der Waals surface area contributed by atoms with Crippen LogP contribution in [0.2, 0.25) is 0 Å². The van der Waals surface area contributed by atoms with Crippen LogP contribution in [0, 0.1) is 0 Å². The minimum absolute atomic E-state index is 0.388. The minimum atomic E-state index is -1.49. The van der Waals surface area contributed by atoms with E-state index in [-0.39, 0.29) is 0 Å². The van der Waals surface area contributed by atoms with Gasteiger partial charge in [-0.3, -0.25) is 0 Å². The molecule has 1 unspecified atom stereocenters. The Bertz CT molecular complexity index is 276. The summed E-state index contributed by atoms with van der Waals surface area (Å²) in [6.07, 6.45) is -3.21. The van der Waals surface area contributed by atoms with Crippen LogP contribution in [-0.4, -0.2) is 57.8 Å². The largest absolute Gasteiger partial charge is 0.458 e. The zero-order valence-corrected chi connectivity index (χ0v) is 10.4. The Morgan fingerprint density at radius 3 is 2.53 bits per heavy atom. The van der Waals surface area contributed by atoms with Gasteiger partial charge in [0.15, 0.2) is 6.10 Å². The van der Waals surface area contributed by atoms with E-state index in [1.807, 2.05) is 0 Å². The van der Waals surface area contributed by atoms with Gasteiger partial charge in [-0.05, 0) is 33.7 Å². The maximum absolute atomic E-state index is 11.6. The zero-order chi connectivity index (χ0) is 13.2. The van der Waals surface area contributed by atoms with E-state index < -0.39 is 35.9 Å². The molecule has 0 aliphatic carbocycles. The Kier molecular flexibility index (Phi) is 4.48. The molecule has 0 bridgehead atoms. The second-order valence-electron chi connectivity index (χ2n) is 5.30. The Hall–Kier alpha value is -0.690. The molecule has 6 nitrogen and oxygen atoms in total. The number of carbonyl (C=O) groups is 1. The molecule has 0 aromatic carbocycles. The number of ether oxygens (including phenoxy) is 1. The van der Waals surface area contributed by atoms with Gasteiger partial charge in [-0.25, -0.2) is 4.79 Å². The van der Waals surface area contributed by atoms with Crippen molar-refractivity contribution >= 4 is 5.97 Å². The lowest BCUT2D eigenvalue weighted by Gasteiger charge is -2.35. The molecule has 0 saturated carbocycles. The van der Waals surface area contributed by atoms with E-state index >= 15 is 0 Å². The van der Waals surface area contributed by atoms with Crippen molar-refractivity contribution in [3.63, 3.8) is 0 Å². The van der Waals surface area contributed by atoms with Gasteiger partial charge in [-0.2, -0.15) is 0 Å². The van der Waals surface area contributed by atoms with Crippen molar-refractivity contribution in [1.82, 2.24) is 5.32 Å². The summed E-state index contributed by atoms with van der Waals surface area (Å²) in [5.74, 6) is -0.803. The fourth-order valence-corrected chi connectivity index (χ4v) is 1.74. The van der Waals surface area contributed by atoms with Crippen molar-refractivity contribution in [3.05, 3.63) is 0 Å². The average molecular weight is 247 g/mol. The van der Waals surface area contributed by atoms with Gasteiger partial charge in [-0.1, -0.05) is 0 Å². The third kappa shape index (κ3) is 3.92. The number of aliphatic hydroxyl groups excluding tert-OH is 3. The SMILES string of the molecule is CC(C)(C)OC(=O)[C@H](O)C1NCC[C@@H](O)[C@H]1O. The first-order chi connectivity index (χ1) is 7.72. The van der Waals surface area contributed by atoms with E-state index in [1.54, 1.807) is 20.8 Å². The van der Waals surface area contributed by atoms with Gasteiger partial charge < -0.3 is 25.4 Å². The first-order valence-electron chi connectivity index (χ1n) is 5.73. The van der Waals surface area contributed by atoms with Crippen LogP contribution in [0.5, 0.6) is 0 Å². The average Bonchev–Trinajstić information content (AvgIpc) is 2.18. The summed E-state index contributed by atoms with van der Waals surface area (Å²) in [5, 5.41) is 31.7. The summed E-state index contributed by atoms with van der Waals surface area (Å²) in [7, 11) is 0. The van der Waals surface area contributed by atoms with Crippen LogP contribution in [0.15, 0.2) is 0 Å². The zero-order valence-electron chi connectivity index (χ0n) is 10.4. The molecule has 1 aliphatic heterocycles. The lowest BCUT2D eigenvalue weighted by molar-refractivity contribution is -0.171. The normalized spacial score (nSPS) is 32.0. The van der Waals surface area contributed by atoms with Crippen molar-refractivity contribution < 1.29 is 24.9 Å². The Morgan fingerprint density at radius 1 is 1.41 bits per heavy atom. The molecule has 1 aliphatic rings. The molecule has 0 radical (unpaired) electrons. The second-order valence-corrected chi connectivity index (χ2v) is 5.30. The van der Waals surface area contributed by atoms with E-state index in [0.29, 0.717) is 13.0 Å². The van der Waals surface area contributed by atoms with Gasteiger partial charge >= 0.3 is 5.97 Å². The predicted molar refractivity (Wildman–Crippen MR) is 60.3 cm³/mol. The van der Waals surface area contributed by atoms with Gasteiger partial charge in [0.1, 0.15) is 5.60 Å². The van der Waals surface area contributed by atoms with Crippen LogP contribution < -0.4 is 5.32 Å². The maximum Gasteiger partial charge on any atom is 0.337 e. The topological polar surface area (TPSA) is 99.0 Å². The molecular formula is C11H21NO5. The van der Waals surface area contributed by atoms with Crippen LogP contribution in [0.3, 0.4) is 0 Å². The molecule has 1 heterocycles. The molecule has 0 spiro atoms. The number of rotatable bonds is 2. The second kappa shape index (κ2) is 5.30. The molecule has 1 fully saturated rings. The van der Waals surface area contributed by atoms with E-state index in [4.69, 9.17) is 4.74 Å². The Morgan fingerprint density at radius 2 is 2.00 bits per heavy atom. The molecule has 4 N–H and O–H groups in total. The van der Waals surface area contributed by atoms with E-state index in [1.165, 1.54) is 0 Å². The predicted octanol–water partition coefficient (Wildman–Crippen LogP) is -1.23. The molecule has 100 valence electrons. The van der Waals surface area contributed by atoms with Gasteiger partial charge in [0.25, 0.3) is 0 Å². The van der Waals surface area contributed by atoms with Crippen LogP contribution >= 0.6 is 0 Å². The summed E-state index contributed by atoms with van der Waals surface area (Å²) < 4.78 is 5.01. The molecule has 17 heavy (non-hydrogen) atoms. The van der Waals surface area contributed by atoms with E-state index in [9.17, 15) is 20.1 Å². The van der Waals surface area contributed by atoms with Crippen LogP contribution in [0.25, 0.3) is 0 Å². The number of piperidine rings is 1. The summed E-state index contributed by atoms with van der Waals surface area (Å²) in [5.41, 5.74) is -0.698. The van der Waals surface area contributed by atoms with Crippen molar-refractivity contribution in [3.8, 4) is 0 Å². The summed E-state index contributed by atoms with van der Waals surface area (Å²) in [6.45, 7) is 5.51. The van der Waals surface area contributed by atoms with Gasteiger partial charge in [-0.15, -0.1) is 0 Å². The smallest absolute Gasteiger partial charge is 0.337 e. The lowest BCUT2D eigenvalue weighted by Crippen LogP contribution is -2.60. The molecule has 6 heteroatoms. The highest BCUT2D eigenvalue weighted by Crippen LogP contribution is 2.16. The third-order valence-corrected chi connectivity index (χ3v) is 2.57. The molecule has 1 saturated heterocycles. The third-order valence-electron chi connectivity index (χ3n) is 2.57. The van der Waals surface area contributed by atoms with Crippen molar-refractivity contribution in [2.75, 3.05) is 6.54 Å². The fraction of sp³-hybridized carbons (Fsp3) is 0.909. The molecule has 1 rings (SSSR count). The van der Waals surface area contributed by atoms with Crippen LogP contribution in [0.4, 0.5) is 0 Å². The Labute approximate surface area is 101 Å². The van der Waals surface area contributed by atoms with Crippen LogP contribution in [-0.2, 0) is 9.53 Å². The van der Waals surface area contributed by atoms with Crippen molar-refractivity contribution in [2.24, 2.45) is 0 Å². The number of esters is 1. The van der Waals surface area contributed by atoms with E-state index in [2.05, 4.69) is 5.32 Å². The number of carbonyl (C=O) groups excluding carboxylic acids is 1. The highest BCUT2D eigenvalue weighted by atomic mass is 16.6. The molecule has 0 aromatic heterocycles. The number of hydrogen-bond acceptors (Lipinski definition) is 6. The number of hydrogen-bond donors (Lipinski definition) is 4. The molecule has 4 atom stereocenters. The first-order valence-corrected chi connectivity index (χ1v) is 5.73. The molecular weight excluding hydrogens is 226 g/mol. The summed E-state index contributed by atoms with van der Waals surface area (Å²) in [6, 6.07) is -0.895.